The summed E-state index contributed by atoms with van der Waals surface area (Å²) in [5, 5.41) is 7.42. The van der Waals surface area contributed by atoms with Crippen molar-refractivity contribution in [2.45, 2.75) is 26.2 Å². The predicted molar refractivity (Wildman–Crippen MR) is 112 cm³/mol. The molecule has 26 heavy (non-hydrogen) atoms. The molecule has 1 saturated heterocycles. The molecule has 0 spiro atoms. The Morgan fingerprint density at radius 1 is 1.04 bits per heavy atom. The second-order valence-electron chi connectivity index (χ2n) is 6.47. The summed E-state index contributed by atoms with van der Waals surface area (Å²) < 4.78 is 0. The molecule has 136 valence electrons. The van der Waals surface area contributed by atoms with Crippen LogP contribution in [0.5, 0.6) is 0 Å². The number of nitrogens with zero attached hydrogens (tertiary/aromatic N) is 1. The molecule has 0 aliphatic carbocycles. The minimum absolute atomic E-state index is 0.103. The molecule has 1 aliphatic heterocycles. The molecule has 1 aliphatic rings. The van der Waals surface area contributed by atoms with Gasteiger partial charge in [0, 0.05) is 35.1 Å². The highest BCUT2D eigenvalue weighted by Crippen LogP contribution is 2.21. The number of hydrogen-bond acceptors (Lipinski definition) is 2. The van der Waals surface area contributed by atoms with Crippen molar-refractivity contribution < 1.29 is 4.79 Å². The van der Waals surface area contributed by atoms with E-state index in [1.165, 1.54) is 6.42 Å². The highest BCUT2D eigenvalue weighted by molar-refractivity contribution is 7.80. The lowest BCUT2D eigenvalue weighted by molar-refractivity contribution is 0.0724. The number of halogens is 1. The van der Waals surface area contributed by atoms with Crippen LogP contribution < -0.4 is 10.6 Å². The van der Waals surface area contributed by atoms with E-state index in [9.17, 15) is 4.79 Å². The molecule has 0 atom stereocenters. The van der Waals surface area contributed by atoms with Gasteiger partial charge in [0.05, 0.1) is 0 Å². The number of anilines is 2. The molecule has 0 saturated carbocycles. The fourth-order valence-electron chi connectivity index (χ4n) is 2.99. The molecule has 3 rings (SSSR count). The fourth-order valence-corrected chi connectivity index (χ4v) is 3.39. The lowest BCUT2D eigenvalue weighted by Crippen LogP contribution is -2.35. The first-order chi connectivity index (χ1) is 12.5. The molecule has 0 radical (unpaired) electrons. The molecule has 6 heteroatoms. The second-order valence-corrected chi connectivity index (χ2v) is 7.31. The number of piperidine rings is 1. The maximum Gasteiger partial charge on any atom is 0.253 e. The van der Waals surface area contributed by atoms with Crippen LogP contribution in [0.2, 0.25) is 5.02 Å². The Balaban J connectivity index is 1.60. The number of likely N-dealkylation sites (tertiary alicyclic amines) is 1. The maximum atomic E-state index is 12.5. The van der Waals surface area contributed by atoms with Gasteiger partial charge >= 0.3 is 0 Å². The van der Waals surface area contributed by atoms with E-state index in [0.29, 0.717) is 15.7 Å². The molecule has 1 amide bonds. The summed E-state index contributed by atoms with van der Waals surface area (Å²) >= 11 is 11.4. The summed E-state index contributed by atoms with van der Waals surface area (Å²) in [6.07, 6.45) is 3.39. The number of benzene rings is 2. The van der Waals surface area contributed by atoms with Gasteiger partial charge in [-0.2, -0.15) is 0 Å². The number of thiocarbonyl (C=S) groups is 1. The first-order valence-electron chi connectivity index (χ1n) is 8.76. The van der Waals surface area contributed by atoms with Gasteiger partial charge in [-0.1, -0.05) is 17.7 Å². The third-order valence-electron chi connectivity index (χ3n) is 4.48. The van der Waals surface area contributed by atoms with Gasteiger partial charge in [0.1, 0.15) is 0 Å². The molecule has 2 aromatic rings. The summed E-state index contributed by atoms with van der Waals surface area (Å²) in [6, 6.07) is 13.0. The summed E-state index contributed by atoms with van der Waals surface area (Å²) in [4.78, 5) is 14.4. The van der Waals surface area contributed by atoms with E-state index in [1.54, 1.807) is 0 Å². The van der Waals surface area contributed by atoms with Crippen molar-refractivity contribution in [2.24, 2.45) is 0 Å². The van der Waals surface area contributed by atoms with Crippen LogP contribution in [-0.4, -0.2) is 29.0 Å². The normalized spacial score (nSPS) is 14.0. The van der Waals surface area contributed by atoms with Gasteiger partial charge in [0.2, 0.25) is 0 Å². The average Bonchev–Trinajstić information content (AvgIpc) is 2.65. The van der Waals surface area contributed by atoms with Crippen molar-refractivity contribution in [3.05, 3.63) is 58.6 Å². The number of nitrogens with one attached hydrogen (secondary N) is 2. The molecule has 2 N–H and O–H groups in total. The Labute approximate surface area is 164 Å². The lowest BCUT2D eigenvalue weighted by atomic mass is 10.1. The molecular formula is C20H22ClN3OS. The molecule has 0 bridgehead atoms. The van der Waals surface area contributed by atoms with Crippen LogP contribution in [-0.2, 0) is 0 Å². The summed E-state index contributed by atoms with van der Waals surface area (Å²) in [7, 11) is 0. The Morgan fingerprint density at radius 2 is 1.73 bits per heavy atom. The number of carbonyl (C=O) groups is 1. The minimum Gasteiger partial charge on any atom is -0.339 e. The van der Waals surface area contributed by atoms with Gasteiger partial charge in [-0.15, -0.1) is 0 Å². The molecule has 2 aromatic carbocycles. The maximum absolute atomic E-state index is 12.5. The smallest absolute Gasteiger partial charge is 0.253 e. The van der Waals surface area contributed by atoms with Crippen molar-refractivity contribution in [3.63, 3.8) is 0 Å². The van der Waals surface area contributed by atoms with Gasteiger partial charge in [-0.3, -0.25) is 4.79 Å². The lowest BCUT2D eigenvalue weighted by Gasteiger charge is -2.26. The quantitative estimate of drug-likeness (QED) is 0.720. The van der Waals surface area contributed by atoms with E-state index in [4.69, 9.17) is 23.8 Å². The zero-order valence-electron chi connectivity index (χ0n) is 14.7. The molecule has 4 nitrogen and oxygen atoms in total. The van der Waals surface area contributed by atoms with E-state index in [-0.39, 0.29) is 5.91 Å². The molecular weight excluding hydrogens is 366 g/mol. The summed E-state index contributed by atoms with van der Waals surface area (Å²) in [5.74, 6) is 0.103. The Hall–Kier alpha value is -2.11. The van der Waals surface area contributed by atoms with Gasteiger partial charge < -0.3 is 15.5 Å². The summed E-state index contributed by atoms with van der Waals surface area (Å²) in [5.41, 5.74) is 3.47. The monoisotopic (exact) mass is 387 g/mol. The Morgan fingerprint density at radius 3 is 2.42 bits per heavy atom. The van der Waals surface area contributed by atoms with Crippen LogP contribution in [0.4, 0.5) is 11.4 Å². The molecule has 0 unspecified atom stereocenters. The second kappa shape index (κ2) is 8.52. The summed E-state index contributed by atoms with van der Waals surface area (Å²) in [6.45, 7) is 3.69. The number of rotatable bonds is 3. The van der Waals surface area contributed by atoms with Crippen LogP contribution in [0.3, 0.4) is 0 Å². The highest BCUT2D eigenvalue weighted by Gasteiger charge is 2.17. The Kier molecular flexibility index (Phi) is 6.12. The van der Waals surface area contributed by atoms with Crippen molar-refractivity contribution in [2.75, 3.05) is 23.7 Å². The van der Waals surface area contributed by atoms with Crippen molar-refractivity contribution in [3.8, 4) is 0 Å². The zero-order chi connectivity index (χ0) is 18.5. The number of amides is 1. The van der Waals surface area contributed by atoms with Gasteiger partial charge in [-0.05, 0) is 80.4 Å². The van der Waals surface area contributed by atoms with Gasteiger partial charge in [0.15, 0.2) is 5.11 Å². The highest BCUT2D eigenvalue weighted by atomic mass is 35.5. The predicted octanol–water partition coefficient (Wildman–Crippen LogP) is 5.08. The standard InChI is InChI=1S/C20H22ClN3OS/c1-14-5-8-16(21)13-18(14)23-20(26)22-17-9-6-15(7-10-17)19(25)24-11-3-2-4-12-24/h5-10,13H,2-4,11-12H2,1H3,(H2,22,23,26). The van der Waals surface area contributed by atoms with Crippen LogP contribution in [0.25, 0.3) is 0 Å². The van der Waals surface area contributed by atoms with E-state index >= 15 is 0 Å². The molecule has 1 fully saturated rings. The average molecular weight is 388 g/mol. The van der Waals surface area contributed by atoms with E-state index in [2.05, 4.69) is 10.6 Å². The molecule has 0 aromatic heterocycles. The minimum atomic E-state index is 0.103. The van der Waals surface area contributed by atoms with E-state index in [1.807, 2.05) is 54.3 Å². The number of carbonyl (C=O) groups excluding carboxylic acids is 1. The largest absolute Gasteiger partial charge is 0.339 e. The topological polar surface area (TPSA) is 44.4 Å². The van der Waals surface area contributed by atoms with Crippen LogP contribution >= 0.6 is 23.8 Å². The van der Waals surface area contributed by atoms with Crippen LogP contribution in [0.15, 0.2) is 42.5 Å². The third-order valence-corrected chi connectivity index (χ3v) is 4.92. The van der Waals surface area contributed by atoms with Gasteiger partial charge in [-0.25, -0.2) is 0 Å². The number of aryl methyl sites for hydroxylation is 1. The first-order valence-corrected chi connectivity index (χ1v) is 9.55. The Bertz CT molecular complexity index is 801. The number of hydrogen-bond donors (Lipinski definition) is 2. The van der Waals surface area contributed by atoms with Crippen LogP contribution in [0, 0.1) is 6.92 Å². The van der Waals surface area contributed by atoms with Crippen molar-refractivity contribution in [1.29, 1.82) is 0 Å². The third kappa shape index (κ3) is 4.74. The van der Waals surface area contributed by atoms with Crippen molar-refractivity contribution in [1.82, 2.24) is 4.90 Å². The zero-order valence-corrected chi connectivity index (χ0v) is 16.3. The van der Waals surface area contributed by atoms with E-state index < -0.39 is 0 Å². The van der Waals surface area contributed by atoms with Gasteiger partial charge in [0.25, 0.3) is 5.91 Å². The SMILES string of the molecule is Cc1ccc(Cl)cc1NC(=S)Nc1ccc(C(=O)N2CCCCC2)cc1. The van der Waals surface area contributed by atoms with E-state index in [0.717, 1.165) is 42.9 Å². The first kappa shape index (κ1) is 18.7. The molecule has 1 heterocycles. The fraction of sp³-hybridized carbons (Fsp3) is 0.300. The van der Waals surface area contributed by atoms with Crippen molar-refractivity contribution >= 4 is 46.2 Å². The van der Waals surface area contributed by atoms with Crippen LogP contribution in [0.1, 0.15) is 35.2 Å².